The number of hydrogen-bond donors (Lipinski definition) is 2. The molecule has 0 saturated heterocycles. The smallest absolute Gasteiger partial charge is 0.250 e. The molecule has 1 aromatic carbocycles. The molecule has 0 spiro atoms. The van der Waals surface area contributed by atoms with Crippen LogP contribution in [0.3, 0.4) is 0 Å². The fraction of sp³-hybridized carbons (Fsp3) is 0.143. The van der Waals surface area contributed by atoms with Gasteiger partial charge in [0.2, 0.25) is 0 Å². The highest BCUT2D eigenvalue weighted by atomic mass is 16.3. The van der Waals surface area contributed by atoms with Crippen molar-refractivity contribution in [2.45, 2.75) is 13.8 Å². The maximum atomic E-state index is 11.3. The van der Waals surface area contributed by atoms with E-state index in [1.165, 1.54) is 0 Å². The lowest BCUT2D eigenvalue weighted by Crippen LogP contribution is -2.10. The summed E-state index contributed by atoms with van der Waals surface area (Å²) in [5.41, 5.74) is 9.91. The molecule has 0 fully saturated rings. The Bertz CT molecular complexity index is 783. The molecule has 0 bridgehead atoms. The van der Waals surface area contributed by atoms with Crippen LogP contribution in [0.4, 0.5) is 0 Å². The van der Waals surface area contributed by atoms with Crippen LogP contribution in [0.1, 0.15) is 21.9 Å². The number of hydrogen-bond acceptors (Lipinski definition) is 3. The molecule has 2 heterocycles. The number of aryl methyl sites for hydroxylation is 2. The molecule has 1 amide bonds. The Morgan fingerprint density at radius 2 is 2.11 bits per heavy atom. The first-order valence-corrected chi connectivity index (χ1v) is 5.91. The number of benzene rings is 1. The second-order valence-corrected chi connectivity index (χ2v) is 4.50. The summed E-state index contributed by atoms with van der Waals surface area (Å²) >= 11 is 0. The lowest BCUT2D eigenvalue weighted by Gasteiger charge is -1.96. The molecule has 0 atom stereocenters. The van der Waals surface area contributed by atoms with Crippen LogP contribution in [-0.4, -0.2) is 15.9 Å². The van der Waals surface area contributed by atoms with Gasteiger partial charge in [0.1, 0.15) is 5.52 Å². The van der Waals surface area contributed by atoms with E-state index in [4.69, 9.17) is 10.2 Å². The lowest BCUT2D eigenvalue weighted by atomic mass is 10.1. The van der Waals surface area contributed by atoms with Crippen molar-refractivity contribution in [1.82, 2.24) is 9.97 Å². The van der Waals surface area contributed by atoms with E-state index in [2.05, 4.69) is 9.97 Å². The molecule has 3 rings (SSSR count). The molecule has 0 unspecified atom stereocenters. The quantitative estimate of drug-likeness (QED) is 0.737. The van der Waals surface area contributed by atoms with Crippen molar-refractivity contribution in [3.8, 4) is 11.3 Å². The number of nitrogens with two attached hydrogens (primary N) is 1. The number of oxazole rings is 1. The van der Waals surface area contributed by atoms with Crippen LogP contribution in [0.25, 0.3) is 22.4 Å². The van der Waals surface area contributed by atoms with E-state index in [0.717, 1.165) is 28.1 Å². The number of carbonyl (C=O) groups excluding carboxylic acids is 1. The van der Waals surface area contributed by atoms with Gasteiger partial charge in [0.05, 0.1) is 5.56 Å². The molecular weight excluding hydrogens is 242 g/mol. The fourth-order valence-corrected chi connectivity index (χ4v) is 2.18. The number of H-pyrrole nitrogens is 1. The van der Waals surface area contributed by atoms with Crippen LogP contribution < -0.4 is 5.73 Å². The van der Waals surface area contributed by atoms with E-state index >= 15 is 0 Å². The first kappa shape index (κ1) is 11.5. The zero-order chi connectivity index (χ0) is 13.6. The number of aromatic amines is 1. The highest BCUT2D eigenvalue weighted by Gasteiger charge is 2.12. The molecule has 0 radical (unpaired) electrons. The number of amides is 1. The molecule has 5 nitrogen and oxygen atoms in total. The van der Waals surface area contributed by atoms with Gasteiger partial charge in [-0.3, -0.25) is 4.79 Å². The molecule has 0 aliphatic rings. The van der Waals surface area contributed by atoms with Crippen molar-refractivity contribution < 1.29 is 9.21 Å². The summed E-state index contributed by atoms with van der Waals surface area (Å²) in [7, 11) is 0. The van der Waals surface area contributed by atoms with Crippen LogP contribution in [0, 0.1) is 13.8 Å². The minimum Gasteiger partial charge on any atom is -0.441 e. The predicted molar refractivity (Wildman–Crippen MR) is 71.8 cm³/mol. The van der Waals surface area contributed by atoms with E-state index in [-0.39, 0.29) is 0 Å². The summed E-state index contributed by atoms with van der Waals surface area (Å²) < 4.78 is 5.43. The van der Waals surface area contributed by atoms with Crippen LogP contribution in [0.2, 0.25) is 0 Å². The molecule has 96 valence electrons. The van der Waals surface area contributed by atoms with Crippen molar-refractivity contribution in [2.75, 3.05) is 0 Å². The van der Waals surface area contributed by atoms with Crippen molar-refractivity contribution in [1.29, 1.82) is 0 Å². The van der Waals surface area contributed by atoms with Gasteiger partial charge in [-0.25, -0.2) is 4.98 Å². The van der Waals surface area contributed by atoms with Gasteiger partial charge in [0.15, 0.2) is 11.5 Å². The van der Waals surface area contributed by atoms with Crippen LogP contribution in [0.5, 0.6) is 0 Å². The molecule has 2 aromatic heterocycles. The Hall–Kier alpha value is -2.56. The minimum absolute atomic E-state index is 0.432. The van der Waals surface area contributed by atoms with Gasteiger partial charge in [-0.05, 0) is 31.2 Å². The summed E-state index contributed by atoms with van der Waals surface area (Å²) in [4.78, 5) is 18.7. The first-order valence-electron chi connectivity index (χ1n) is 5.91. The predicted octanol–water partition coefficient (Wildman–Crippen LogP) is 2.54. The van der Waals surface area contributed by atoms with Crippen LogP contribution in [-0.2, 0) is 0 Å². The van der Waals surface area contributed by atoms with Crippen LogP contribution in [0.15, 0.2) is 28.7 Å². The molecule has 19 heavy (non-hydrogen) atoms. The number of fused-ring (bicyclic) bond motifs is 1. The van der Waals surface area contributed by atoms with Crippen LogP contribution >= 0.6 is 0 Å². The van der Waals surface area contributed by atoms with Gasteiger partial charge in [-0.1, -0.05) is 0 Å². The van der Waals surface area contributed by atoms with Gasteiger partial charge in [0.25, 0.3) is 5.91 Å². The second kappa shape index (κ2) is 3.98. The van der Waals surface area contributed by atoms with E-state index in [1.54, 1.807) is 6.07 Å². The minimum atomic E-state index is -0.432. The molecule has 3 aromatic rings. The number of aromatic nitrogens is 2. The number of primary amides is 1. The van der Waals surface area contributed by atoms with Gasteiger partial charge in [-0.2, -0.15) is 0 Å². The topological polar surface area (TPSA) is 84.9 Å². The standard InChI is InChI=1S/C14H13N3O2/c1-7-10(14(15)18)6-11(16-7)9-3-4-13-12(5-9)17-8(2)19-13/h3-6,16H,1-2H3,(H2,15,18). The van der Waals surface area contributed by atoms with E-state index in [1.807, 2.05) is 32.0 Å². The Balaban J connectivity index is 2.13. The first-order chi connectivity index (χ1) is 9.04. The summed E-state index contributed by atoms with van der Waals surface area (Å²) in [6.45, 7) is 3.63. The zero-order valence-electron chi connectivity index (χ0n) is 10.7. The normalized spacial score (nSPS) is 11.1. The van der Waals surface area contributed by atoms with Crippen molar-refractivity contribution in [3.63, 3.8) is 0 Å². The van der Waals surface area contributed by atoms with E-state index in [9.17, 15) is 4.79 Å². The summed E-state index contributed by atoms with van der Waals surface area (Å²) in [6, 6.07) is 7.46. The third-order valence-corrected chi connectivity index (χ3v) is 3.09. The highest BCUT2D eigenvalue weighted by Crippen LogP contribution is 2.25. The molecule has 0 aliphatic carbocycles. The SMILES string of the molecule is Cc1nc2cc(-c3cc(C(N)=O)c(C)[nH]3)ccc2o1. The van der Waals surface area contributed by atoms with Crippen molar-refractivity contribution in [2.24, 2.45) is 5.73 Å². The lowest BCUT2D eigenvalue weighted by molar-refractivity contribution is 0.1000. The largest absolute Gasteiger partial charge is 0.441 e. The van der Waals surface area contributed by atoms with Gasteiger partial charge < -0.3 is 15.1 Å². The third kappa shape index (κ3) is 1.89. The number of nitrogens with one attached hydrogen (secondary N) is 1. The molecule has 5 heteroatoms. The monoisotopic (exact) mass is 255 g/mol. The average Bonchev–Trinajstić information content (AvgIpc) is 2.89. The van der Waals surface area contributed by atoms with E-state index in [0.29, 0.717) is 11.5 Å². The van der Waals surface area contributed by atoms with Crippen molar-refractivity contribution in [3.05, 3.63) is 41.4 Å². The number of rotatable bonds is 2. The van der Waals surface area contributed by atoms with Gasteiger partial charge >= 0.3 is 0 Å². The maximum Gasteiger partial charge on any atom is 0.250 e. The molecule has 3 N–H and O–H groups in total. The second-order valence-electron chi connectivity index (χ2n) is 4.50. The highest BCUT2D eigenvalue weighted by molar-refractivity contribution is 5.95. The van der Waals surface area contributed by atoms with Gasteiger partial charge in [-0.15, -0.1) is 0 Å². The zero-order valence-corrected chi connectivity index (χ0v) is 10.7. The summed E-state index contributed by atoms with van der Waals surface area (Å²) in [5.74, 6) is 0.200. The van der Waals surface area contributed by atoms with Gasteiger partial charge in [0, 0.05) is 23.9 Å². The summed E-state index contributed by atoms with van der Waals surface area (Å²) in [5, 5.41) is 0. The third-order valence-electron chi connectivity index (χ3n) is 3.09. The number of nitrogens with zero attached hydrogens (tertiary/aromatic N) is 1. The molecule has 0 saturated carbocycles. The Morgan fingerprint density at radius 1 is 1.32 bits per heavy atom. The Kier molecular flexibility index (Phi) is 2.41. The molecular formula is C14H13N3O2. The fourth-order valence-electron chi connectivity index (χ4n) is 2.18. The molecule has 0 aliphatic heterocycles. The van der Waals surface area contributed by atoms with Crippen molar-refractivity contribution >= 4 is 17.0 Å². The average molecular weight is 255 g/mol. The Morgan fingerprint density at radius 3 is 2.79 bits per heavy atom. The Labute approximate surface area is 109 Å². The van der Waals surface area contributed by atoms with E-state index < -0.39 is 5.91 Å². The number of carbonyl (C=O) groups is 1. The maximum absolute atomic E-state index is 11.3. The summed E-state index contributed by atoms with van der Waals surface area (Å²) in [6.07, 6.45) is 0.